The second-order valence-electron chi connectivity index (χ2n) is 6.69. The van der Waals surface area contributed by atoms with Crippen LogP contribution in [0.5, 0.6) is 0 Å². The number of anilines is 1. The highest BCUT2D eigenvalue weighted by molar-refractivity contribution is 5.57. The Balaban J connectivity index is 1.60. The van der Waals surface area contributed by atoms with Crippen molar-refractivity contribution < 1.29 is 0 Å². The van der Waals surface area contributed by atoms with Crippen molar-refractivity contribution in [2.45, 2.75) is 38.8 Å². The summed E-state index contributed by atoms with van der Waals surface area (Å²) in [4.78, 5) is 26.1. The monoisotopic (exact) mass is 346 g/mol. The molecule has 4 rings (SSSR count). The highest BCUT2D eigenvalue weighted by Gasteiger charge is 2.30. The average Bonchev–Trinajstić information content (AvgIpc) is 3.52. The average molecular weight is 346 g/mol. The summed E-state index contributed by atoms with van der Waals surface area (Å²) in [5.74, 6) is 1.54. The number of aromatic amines is 1. The van der Waals surface area contributed by atoms with Crippen LogP contribution in [0.15, 0.2) is 59.5 Å². The van der Waals surface area contributed by atoms with Crippen molar-refractivity contribution in [2.24, 2.45) is 0 Å². The molecule has 2 aromatic heterocycles. The number of hydrogen-bond acceptors (Lipinski definition) is 4. The second kappa shape index (κ2) is 7.12. The van der Waals surface area contributed by atoms with Crippen LogP contribution in [0, 0.1) is 0 Å². The molecule has 0 bridgehead atoms. The Morgan fingerprint density at radius 2 is 1.96 bits per heavy atom. The van der Waals surface area contributed by atoms with E-state index in [0.29, 0.717) is 11.9 Å². The highest BCUT2D eigenvalue weighted by Crippen LogP contribution is 2.32. The van der Waals surface area contributed by atoms with Crippen LogP contribution in [0.4, 0.5) is 5.82 Å². The molecular weight excluding hydrogens is 324 g/mol. The Bertz CT molecular complexity index is 930. The number of nitrogens with zero attached hydrogens (tertiary/aromatic N) is 3. The maximum atomic E-state index is 11.8. The normalized spacial score (nSPS) is 13.6. The van der Waals surface area contributed by atoms with Crippen molar-refractivity contribution in [2.75, 3.05) is 4.90 Å². The summed E-state index contributed by atoms with van der Waals surface area (Å²) >= 11 is 0. The maximum Gasteiger partial charge on any atom is 0.251 e. The molecule has 2 heterocycles. The molecule has 1 fully saturated rings. The van der Waals surface area contributed by atoms with E-state index in [-0.39, 0.29) is 5.56 Å². The molecule has 1 saturated carbocycles. The topological polar surface area (TPSA) is 61.9 Å². The van der Waals surface area contributed by atoms with Crippen molar-refractivity contribution in [3.05, 3.63) is 76.3 Å². The molecule has 26 heavy (non-hydrogen) atoms. The number of hydrogen-bond donors (Lipinski definition) is 1. The molecule has 1 aliphatic carbocycles. The van der Waals surface area contributed by atoms with Crippen molar-refractivity contribution in [3.8, 4) is 11.4 Å². The molecule has 1 aromatic carbocycles. The summed E-state index contributed by atoms with van der Waals surface area (Å²) in [6.07, 6.45) is 4.95. The zero-order valence-corrected chi connectivity index (χ0v) is 14.9. The Labute approximate surface area is 152 Å². The Hall–Kier alpha value is -2.95. The number of aromatic nitrogens is 3. The van der Waals surface area contributed by atoms with Crippen LogP contribution in [0.25, 0.3) is 11.4 Å². The molecule has 1 N–H and O–H groups in total. The van der Waals surface area contributed by atoms with Crippen LogP contribution in [-0.4, -0.2) is 21.0 Å². The summed E-state index contributed by atoms with van der Waals surface area (Å²) in [6.45, 7) is 2.85. The van der Waals surface area contributed by atoms with Crippen LogP contribution >= 0.6 is 0 Å². The van der Waals surface area contributed by atoms with Gasteiger partial charge in [0.05, 0.1) is 0 Å². The van der Waals surface area contributed by atoms with E-state index in [1.54, 1.807) is 12.3 Å². The minimum atomic E-state index is -0.125. The van der Waals surface area contributed by atoms with Crippen LogP contribution < -0.4 is 10.5 Å². The van der Waals surface area contributed by atoms with Crippen molar-refractivity contribution >= 4 is 5.82 Å². The molecule has 1 aliphatic rings. The molecule has 5 heteroatoms. The SMILES string of the molecule is CCc1cc(=O)[nH]c(-c2ccc(N(Cc3ccccc3)C3CC3)nc2)n1. The molecule has 3 aromatic rings. The zero-order valence-electron chi connectivity index (χ0n) is 14.9. The lowest BCUT2D eigenvalue weighted by Gasteiger charge is -2.23. The summed E-state index contributed by atoms with van der Waals surface area (Å²) < 4.78 is 0. The molecular formula is C21H22N4O. The molecule has 0 unspecified atom stereocenters. The molecule has 0 aliphatic heterocycles. The number of H-pyrrole nitrogens is 1. The third kappa shape index (κ3) is 3.67. The lowest BCUT2D eigenvalue weighted by atomic mass is 10.2. The molecule has 0 atom stereocenters. The highest BCUT2D eigenvalue weighted by atomic mass is 16.1. The van der Waals surface area contributed by atoms with E-state index in [1.165, 1.54) is 18.4 Å². The van der Waals surface area contributed by atoms with Gasteiger partial charge in [-0.25, -0.2) is 9.97 Å². The van der Waals surface area contributed by atoms with Gasteiger partial charge in [0.15, 0.2) is 0 Å². The Morgan fingerprint density at radius 1 is 1.15 bits per heavy atom. The lowest BCUT2D eigenvalue weighted by molar-refractivity contribution is 0.778. The summed E-state index contributed by atoms with van der Waals surface area (Å²) in [5.41, 5.74) is 2.78. The first-order valence-electron chi connectivity index (χ1n) is 9.10. The zero-order chi connectivity index (χ0) is 17.9. The number of rotatable bonds is 6. The van der Waals surface area contributed by atoms with Gasteiger partial charge in [-0.2, -0.15) is 0 Å². The van der Waals surface area contributed by atoms with E-state index in [4.69, 9.17) is 0 Å². The summed E-state index contributed by atoms with van der Waals surface area (Å²) in [5, 5.41) is 0. The van der Waals surface area contributed by atoms with Crippen LogP contribution in [0.1, 0.15) is 31.0 Å². The van der Waals surface area contributed by atoms with Gasteiger partial charge in [0, 0.05) is 36.1 Å². The smallest absolute Gasteiger partial charge is 0.251 e. The van der Waals surface area contributed by atoms with E-state index < -0.39 is 0 Å². The van der Waals surface area contributed by atoms with Gasteiger partial charge >= 0.3 is 0 Å². The van der Waals surface area contributed by atoms with Crippen molar-refractivity contribution in [1.29, 1.82) is 0 Å². The first kappa shape index (κ1) is 16.5. The minimum absolute atomic E-state index is 0.125. The van der Waals surface area contributed by atoms with Crippen LogP contribution in [-0.2, 0) is 13.0 Å². The van der Waals surface area contributed by atoms with Gasteiger partial charge in [-0.05, 0) is 37.0 Å². The van der Waals surface area contributed by atoms with Crippen LogP contribution in [0.2, 0.25) is 0 Å². The van der Waals surface area contributed by atoms with Gasteiger partial charge in [0.25, 0.3) is 5.56 Å². The standard InChI is InChI=1S/C21H22N4O/c1-2-17-12-20(26)24-21(23-17)16-8-11-19(22-13-16)25(18-9-10-18)14-15-6-4-3-5-7-15/h3-8,11-13,18H,2,9-10,14H2,1H3,(H,23,24,26). The molecule has 0 radical (unpaired) electrons. The fourth-order valence-electron chi connectivity index (χ4n) is 3.09. The summed E-state index contributed by atoms with van der Waals surface area (Å²) in [6, 6.07) is 16.6. The fraction of sp³-hybridized carbons (Fsp3) is 0.286. The van der Waals surface area contributed by atoms with Gasteiger partial charge < -0.3 is 9.88 Å². The van der Waals surface area contributed by atoms with Gasteiger partial charge in [0.2, 0.25) is 0 Å². The fourth-order valence-corrected chi connectivity index (χ4v) is 3.09. The van der Waals surface area contributed by atoms with Crippen molar-refractivity contribution in [1.82, 2.24) is 15.0 Å². The molecule has 132 valence electrons. The quantitative estimate of drug-likeness (QED) is 0.741. The molecule has 0 saturated heterocycles. The third-order valence-electron chi connectivity index (χ3n) is 4.66. The second-order valence-corrected chi connectivity index (χ2v) is 6.69. The van der Waals surface area contributed by atoms with E-state index >= 15 is 0 Å². The van der Waals surface area contributed by atoms with Gasteiger partial charge in [-0.15, -0.1) is 0 Å². The van der Waals surface area contributed by atoms with E-state index in [9.17, 15) is 4.79 Å². The number of benzene rings is 1. The number of pyridine rings is 1. The number of aryl methyl sites for hydroxylation is 1. The van der Waals surface area contributed by atoms with Crippen molar-refractivity contribution in [3.63, 3.8) is 0 Å². The Kier molecular flexibility index (Phi) is 4.52. The van der Waals surface area contributed by atoms with E-state index in [2.05, 4.69) is 44.1 Å². The van der Waals surface area contributed by atoms with E-state index in [1.807, 2.05) is 25.1 Å². The lowest BCUT2D eigenvalue weighted by Crippen LogP contribution is -2.25. The molecule has 0 amide bonds. The van der Waals surface area contributed by atoms with Gasteiger partial charge in [-0.1, -0.05) is 37.3 Å². The van der Waals surface area contributed by atoms with E-state index in [0.717, 1.165) is 30.0 Å². The largest absolute Gasteiger partial charge is 0.349 e. The maximum absolute atomic E-state index is 11.8. The predicted molar refractivity (Wildman–Crippen MR) is 103 cm³/mol. The molecule has 5 nitrogen and oxygen atoms in total. The first-order chi connectivity index (χ1) is 12.7. The number of nitrogens with one attached hydrogen (secondary N) is 1. The third-order valence-corrected chi connectivity index (χ3v) is 4.66. The van der Waals surface area contributed by atoms with Crippen LogP contribution in [0.3, 0.4) is 0 Å². The summed E-state index contributed by atoms with van der Waals surface area (Å²) in [7, 11) is 0. The first-order valence-corrected chi connectivity index (χ1v) is 9.10. The van der Waals surface area contributed by atoms with Gasteiger partial charge in [-0.3, -0.25) is 4.79 Å². The Morgan fingerprint density at radius 3 is 2.62 bits per heavy atom. The van der Waals surface area contributed by atoms with Gasteiger partial charge in [0.1, 0.15) is 11.6 Å². The predicted octanol–water partition coefficient (Wildman–Crippen LogP) is 3.56. The minimum Gasteiger partial charge on any atom is -0.349 e. The molecule has 0 spiro atoms.